The Balaban J connectivity index is 1.96. The summed E-state index contributed by atoms with van der Waals surface area (Å²) in [6, 6.07) is 18.3. The predicted octanol–water partition coefficient (Wildman–Crippen LogP) is 4.11. The van der Waals surface area contributed by atoms with Gasteiger partial charge < -0.3 is 11.1 Å². The molecular formula is C17H16BrN3. The van der Waals surface area contributed by atoms with E-state index in [1.54, 1.807) is 0 Å². The summed E-state index contributed by atoms with van der Waals surface area (Å²) in [5.74, 6) is 0. The molecule has 106 valence electrons. The van der Waals surface area contributed by atoms with Gasteiger partial charge in [0.15, 0.2) is 0 Å². The molecule has 0 spiro atoms. The van der Waals surface area contributed by atoms with E-state index in [1.165, 1.54) is 0 Å². The maximum Gasteiger partial charge on any atom is 0.0755 e. The summed E-state index contributed by atoms with van der Waals surface area (Å²) in [6.07, 6.45) is 1.82. The molecule has 2 aromatic carbocycles. The molecule has 0 amide bonds. The number of fused-ring (bicyclic) bond motifs is 1. The van der Waals surface area contributed by atoms with Crippen LogP contribution in [-0.2, 0) is 0 Å². The van der Waals surface area contributed by atoms with Crippen molar-refractivity contribution in [2.75, 3.05) is 11.9 Å². The van der Waals surface area contributed by atoms with E-state index >= 15 is 0 Å². The lowest BCUT2D eigenvalue weighted by Crippen LogP contribution is -2.21. The predicted molar refractivity (Wildman–Crippen MR) is 91.3 cm³/mol. The number of pyridine rings is 1. The average molecular weight is 342 g/mol. The van der Waals surface area contributed by atoms with Crippen LogP contribution in [0.5, 0.6) is 0 Å². The lowest BCUT2D eigenvalue weighted by Gasteiger charge is -2.20. The zero-order chi connectivity index (χ0) is 14.7. The van der Waals surface area contributed by atoms with Crippen molar-refractivity contribution in [1.82, 2.24) is 4.98 Å². The van der Waals surface area contributed by atoms with Gasteiger partial charge in [-0.1, -0.05) is 40.2 Å². The summed E-state index contributed by atoms with van der Waals surface area (Å²) < 4.78 is 1.06. The fraction of sp³-hybridized carbons (Fsp3) is 0.118. The number of nitrogens with zero attached hydrogens (tertiary/aromatic N) is 1. The fourth-order valence-corrected chi connectivity index (χ4v) is 2.68. The van der Waals surface area contributed by atoms with Gasteiger partial charge in [0, 0.05) is 33.9 Å². The largest absolute Gasteiger partial charge is 0.377 e. The van der Waals surface area contributed by atoms with Crippen LogP contribution < -0.4 is 11.1 Å². The van der Waals surface area contributed by atoms with E-state index in [9.17, 15) is 0 Å². The van der Waals surface area contributed by atoms with Crippen LogP contribution in [0.15, 0.2) is 65.3 Å². The van der Waals surface area contributed by atoms with Crippen LogP contribution in [0.1, 0.15) is 11.6 Å². The Bertz CT molecular complexity index is 735. The van der Waals surface area contributed by atoms with Gasteiger partial charge in [-0.15, -0.1) is 0 Å². The summed E-state index contributed by atoms with van der Waals surface area (Å²) in [7, 11) is 0. The second-order valence-corrected chi connectivity index (χ2v) is 5.78. The van der Waals surface area contributed by atoms with E-state index in [1.807, 2.05) is 42.6 Å². The van der Waals surface area contributed by atoms with Gasteiger partial charge in [0.25, 0.3) is 0 Å². The Kier molecular flexibility index (Phi) is 4.18. The van der Waals surface area contributed by atoms with Gasteiger partial charge in [0.2, 0.25) is 0 Å². The summed E-state index contributed by atoms with van der Waals surface area (Å²) in [5.41, 5.74) is 9.14. The number of anilines is 1. The normalized spacial score (nSPS) is 12.3. The molecule has 0 saturated carbocycles. The van der Waals surface area contributed by atoms with E-state index in [0.717, 1.165) is 26.6 Å². The molecule has 1 heterocycles. The zero-order valence-electron chi connectivity index (χ0n) is 11.5. The molecule has 4 heteroatoms. The van der Waals surface area contributed by atoms with Crippen LogP contribution >= 0.6 is 15.9 Å². The molecule has 0 aliphatic heterocycles. The van der Waals surface area contributed by atoms with Crippen LogP contribution in [-0.4, -0.2) is 11.5 Å². The van der Waals surface area contributed by atoms with Crippen molar-refractivity contribution in [3.05, 3.63) is 70.8 Å². The maximum absolute atomic E-state index is 5.97. The van der Waals surface area contributed by atoms with Crippen molar-refractivity contribution in [2.24, 2.45) is 5.73 Å². The summed E-state index contributed by atoms with van der Waals surface area (Å²) in [5, 5.41) is 4.61. The van der Waals surface area contributed by atoms with E-state index in [2.05, 4.69) is 44.4 Å². The zero-order valence-corrected chi connectivity index (χ0v) is 13.0. The number of rotatable bonds is 4. The number of benzene rings is 2. The molecule has 3 nitrogen and oxygen atoms in total. The highest BCUT2D eigenvalue weighted by atomic mass is 79.9. The molecule has 1 unspecified atom stereocenters. The Morgan fingerprint density at radius 1 is 1.05 bits per heavy atom. The minimum Gasteiger partial charge on any atom is -0.377 e. The second-order valence-electron chi connectivity index (χ2n) is 4.86. The first kappa shape index (κ1) is 14.0. The summed E-state index contributed by atoms with van der Waals surface area (Å²) >= 11 is 3.44. The van der Waals surface area contributed by atoms with Gasteiger partial charge in [0.05, 0.1) is 11.6 Å². The second kappa shape index (κ2) is 6.24. The first-order chi connectivity index (χ1) is 10.3. The van der Waals surface area contributed by atoms with Crippen LogP contribution in [0.4, 0.5) is 5.69 Å². The number of nitrogens with one attached hydrogen (secondary N) is 1. The van der Waals surface area contributed by atoms with E-state index < -0.39 is 0 Å². The molecule has 0 aliphatic rings. The number of aromatic nitrogens is 1. The Hall–Kier alpha value is -1.91. The molecule has 0 bridgehead atoms. The maximum atomic E-state index is 5.97. The Morgan fingerprint density at radius 3 is 2.57 bits per heavy atom. The van der Waals surface area contributed by atoms with E-state index in [0.29, 0.717) is 6.54 Å². The molecule has 3 N–H and O–H groups in total. The summed E-state index contributed by atoms with van der Waals surface area (Å²) in [6.45, 7) is 0.506. The first-order valence-corrected chi connectivity index (χ1v) is 7.63. The van der Waals surface area contributed by atoms with Crippen molar-refractivity contribution in [3.63, 3.8) is 0 Å². The highest BCUT2D eigenvalue weighted by molar-refractivity contribution is 9.10. The molecule has 0 saturated heterocycles. The highest BCUT2D eigenvalue weighted by Crippen LogP contribution is 2.25. The van der Waals surface area contributed by atoms with Gasteiger partial charge >= 0.3 is 0 Å². The standard InChI is InChI=1S/C17H16BrN3/c18-13-6-8-14(9-7-13)21-16(11-19)15-5-1-3-12-4-2-10-20-17(12)15/h1-10,16,21H,11,19H2. The van der Waals surface area contributed by atoms with Gasteiger partial charge in [-0.2, -0.15) is 0 Å². The summed E-state index contributed by atoms with van der Waals surface area (Å²) in [4.78, 5) is 4.50. The van der Waals surface area contributed by atoms with Gasteiger partial charge in [-0.25, -0.2) is 0 Å². The number of para-hydroxylation sites is 1. The average Bonchev–Trinajstić information content (AvgIpc) is 2.54. The molecule has 3 rings (SSSR count). The van der Waals surface area contributed by atoms with Crippen molar-refractivity contribution in [2.45, 2.75) is 6.04 Å². The molecule has 3 aromatic rings. The number of halogens is 1. The third-order valence-corrected chi connectivity index (χ3v) is 3.99. The first-order valence-electron chi connectivity index (χ1n) is 6.84. The van der Waals surface area contributed by atoms with Crippen molar-refractivity contribution < 1.29 is 0 Å². The van der Waals surface area contributed by atoms with Gasteiger partial charge in [-0.05, 0) is 30.3 Å². The molecule has 1 atom stereocenters. The van der Waals surface area contributed by atoms with Crippen molar-refractivity contribution >= 4 is 32.5 Å². The highest BCUT2D eigenvalue weighted by Gasteiger charge is 2.13. The molecular weight excluding hydrogens is 326 g/mol. The fourth-order valence-electron chi connectivity index (χ4n) is 2.42. The van der Waals surface area contributed by atoms with Gasteiger partial charge in [-0.3, -0.25) is 4.98 Å². The van der Waals surface area contributed by atoms with Crippen LogP contribution in [0.25, 0.3) is 10.9 Å². The lowest BCUT2D eigenvalue weighted by molar-refractivity contribution is 0.794. The van der Waals surface area contributed by atoms with Crippen molar-refractivity contribution in [3.8, 4) is 0 Å². The smallest absolute Gasteiger partial charge is 0.0755 e. The van der Waals surface area contributed by atoms with Crippen LogP contribution in [0.2, 0.25) is 0 Å². The van der Waals surface area contributed by atoms with E-state index in [-0.39, 0.29) is 6.04 Å². The van der Waals surface area contributed by atoms with Gasteiger partial charge in [0.1, 0.15) is 0 Å². The molecule has 0 aliphatic carbocycles. The molecule has 1 aromatic heterocycles. The molecule has 0 radical (unpaired) electrons. The molecule has 0 fully saturated rings. The SMILES string of the molecule is NCC(Nc1ccc(Br)cc1)c1cccc2cccnc12. The van der Waals surface area contributed by atoms with Crippen LogP contribution in [0.3, 0.4) is 0 Å². The monoisotopic (exact) mass is 341 g/mol. The van der Waals surface area contributed by atoms with E-state index in [4.69, 9.17) is 5.73 Å². The Morgan fingerprint density at radius 2 is 1.81 bits per heavy atom. The topological polar surface area (TPSA) is 50.9 Å². The number of nitrogens with two attached hydrogens (primary N) is 1. The number of hydrogen-bond donors (Lipinski definition) is 2. The lowest BCUT2D eigenvalue weighted by atomic mass is 10.0. The quantitative estimate of drug-likeness (QED) is 0.750. The third-order valence-electron chi connectivity index (χ3n) is 3.46. The van der Waals surface area contributed by atoms with Crippen molar-refractivity contribution in [1.29, 1.82) is 0 Å². The molecule has 21 heavy (non-hydrogen) atoms. The third kappa shape index (κ3) is 3.06. The number of hydrogen-bond acceptors (Lipinski definition) is 3. The van der Waals surface area contributed by atoms with Crippen LogP contribution in [0, 0.1) is 0 Å². The minimum atomic E-state index is 0.0322. The minimum absolute atomic E-state index is 0.0322. The Labute approximate surface area is 132 Å².